The van der Waals surface area contributed by atoms with Crippen molar-refractivity contribution in [1.29, 1.82) is 0 Å². The van der Waals surface area contributed by atoms with Crippen LogP contribution in [0.25, 0.3) is 11.4 Å². The minimum absolute atomic E-state index is 0.137. The van der Waals surface area contributed by atoms with Crippen LogP contribution in [0.15, 0.2) is 29.4 Å². The number of hydrogen-bond donors (Lipinski definition) is 2. The standard InChI is InChI=1S/C13H12F4N4OS/c1-7(11(22)18-6-13(15,16)17)23-12-19-10(20-21-12)8-4-2-3-5-9(8)14/h2-5,7H,6H2,1H3,(H,18,22)(H,19,20,21)/t7-/m1/s1. The normalized spacial score (nSPS) is 12.9. The Bertz CT molecular complexity index is 689. The lowest BCUT2D eigenvalue weighted by atomic mass is 10.2. The van der Waals surface area contributed by atoms with Gasteiger partial charge in [-0.1, -0.05) is 23.9 Å². The Morgan fingerprint density at radius 1 is 1.39 bits per heavy atom. The van der Waals surface area contributed by atoms with Crippen LogP contribution in [-0.2, 0) is 4.79 Å². The van der Waals surface area contributed by atoms with Crippen molar-refractivity contribution in [1.82, 2.24) is 20.5 Å². The van der Waals surface area contributed by atoms with Gasteiger partial charge in [0.05, 0.1) is 10.8 Å². The number of carbonyl (C=O) groups is 1. The molecule has 10 heteroatoms. The van der Waals surface area contributed by atoms with Gasteiger partial charge >= 0.3 is 6.18 Å². The predicted molar refractivity (Wildman–Crippen MR) is 76.2 cm³/mol. The maximum absolute atomic E-state index is 13.6. The quantitative estimate of drug-likeness (QED) is 0.644. The second-order valence-electron chi connectivity index (χ2n) is 4.54. The van der Waals surface area contributed by atoms with E-state index in [0.717, 1.165) is 11.8 Å². The molecule has 0 aliphatic carbocycles. The van der Waals surface area contributed by atoms with Crippen molar-refractivity contribution in [2.24, 2.45) is 0 Å². The number of aromatic amines is 1. The van der Waals surface area contributed by atoms with Gasteiger partial charge in [0, 0.05) is 0 Å². The van der Waals surface area contributed by atoms with E-state index in [4.69, 9.17) is 0 Å². The van der Waals surface area contributed by atoms with Crippen LogP contribution in [0.1, 0.15) is 6.92 Å². The number of amides is 1. The summed E-state index contributed by atoms with van der Waals surface area (Å²) in [5, 5.41) is 7.44. The molecule has 0 bridgehead atoms. The molecule has 124 valence electrons. The van der Waals surface area contributed by atoms with Crippen molar-refractivity contribution in [3.63, 3.8) is 0 Å². The Morgan fingerprint density at radius 2 is 2.09 bits per heavy atom. The van der Waals surface area contributed by atoms with Crippen molar-refractivity contribution < 1.29 is 22.4 Å². The Kier molecular flexibility index (Phi) is 5.24. The third-order valence-electron chi connectivity index (χ3n) is 2.71. The first-order valence-corrected chi connectivity index (χ1v) is 7.32. The molecule has 2 N–H and O–H groups in total. The number of hydrogen-bond acceptors (Lipinski definition) is 4. The molecular formula is C13H12F4N4OS. The summed E-state index contributed by atoms with van der Waals surface area (Å²) in [6, 6.07) is 5.92. The van der Waals surface area contributed by atoms with Gasteiger partial charge in [-0.25, -0.2) is 9.37 Å². The maximum atomic E-state index is 13.6. The average molecular weight is 348 g/mol. The van der Waals surface area contributed by atoms with Crippen LogP contribution < -0.4 is 5.32 Å². The molecule has 2 aromatic rings. The molecule has 1 heterocycles. The molecule has 23 heavy (non-hydrogen) atoms. The molecule has 0 radical (unpaired) electrons. The summed E-state index contributed by atoms with van der Waals surface area (Å²) in [5.74, 6) is -1.10. The number of aromatic nitrogens is 3. The van der Waals surface area contributed by atoms with E-state index in [1.807, 2.05) is 0 Å². The van der Waals surface area contributed by atoms with E-state index in [1.54, 1.807) is 11.4 Å². The lowest BCUT2D eigenvalue weighted by Crippen LogP contribution is -2.38. The second kappa shape index (κ2) is 6.99. The van der Waals surface area contributed by atoms with Crippen LogP contribution in [0.3, 0.4) is 0 Å². The van der Waals surface area contributed by atoms with Gasteiger partial charge in [-0.15, -0.1) is 5.10 Å². The number of nitrogens with zero attached hydrogens (tertiary/aromatic N) is 2. The van der Waals surface area contributed by atoms with Gasteiger partial charge in [0.15, 0.2) is 5.82 Å². The lowest BCUT2D eigenvalue weighted by Gasteiger charge is -2.11. The Morgan fingerprint density at radius 3 is 2.74 bits per heavy atom. The molecule has 0 saturated heterocycles. The number of thioether (sulfide) groups is 1. The van der Waals surface area contributed by atoms with E-state index in [2.05, 4.69) is 15.2 Å². The summed E-state index contributed by atoms with van der Waals surface area (Å²) in [7, 11) is 0. The number of nitrogens with one attached hydrogen (secondary N) is 2. The molecule has 1 aromatic heterocycles. The van der Waals surface area contributed by atoms with Crippen molar-refractivity contribution in [2.45, 2.75) is 23.5 Å². The zero-order valence-electron chi connectivity index (χ0n) is 11.8. The molecule has 1 atom stereocenters. The predicted octanol–water partition coefficient (Wildman–Crippen LogP) is 2.77. The molecule has 0 aliphatic rings. The van der Waals surface area contributed by atoms with Crippen LogP contribution >= 0.6 is 11.8 Å². The largest absolute Gasteiger partial charge is 0.405 e. The summed E-state index contributed by atoms with van der Waals surface area (Å²) < 4.78 is 49.8. The fraction of sp³-hybridized carbons (Fsp3) is 0.308. The summed E-state index contributed by atoms with van der Waals surface area (Å²) in [4.78, 5) is 15.6. The van der Waals surface area contributed by atoms with E-state index in [1.165, 1.54) is 25.1 Å². The monoisotopic (exact) mass is 348 g/mol. The molecule has 0 fully saturated rings. The minimum atomic E-state index is -4.47. The zero-order chi connectivity index (χ0) is 17.0. The Balaban J connectivity index is 1.99. The minimum Gasteiger partial charge on any atom is -0.346 e. The lowest BCUT2D eigenvalue weighted by molar-refractivity contribution is -0.137. The highest BCUT2D eigenvalue weighted by atomic mass is 32.2. The molecule has 2 rings (SSSR count). The van der Waals surface area contributed by atoms with E-state index in [-0.39, 0.29) is 16.5 Å². The van der Waals surface area contributed by atoms with Crippen molar-refractivity contribution in [3.8, 4) is 11.4 Å². The van der Waals surface area contributed by atoms with E-state index in [9.17, 15) is 22.4 Å². The summed E-state index contributed by atoms with van der Waals surface area (Å²) in [6.45, 7) is 0.0285. The van der Waals surface area contributed by atoms with Crippen molar-refractivity contribution >= 4 is 17.7 Å². The highest BCUT2D eigenvalue weighted by Gasteiger charge is 2.29. The fourth-order valence-corrected chi connectivity index (χ4v) is 2.36. The summed E-state index contributed by atoms with van der Waals surface area (Å²) >= 11 is 0.868. The van der Waals surface area contributed by atoms with Gasteiger partial charge in [0.1, 0.15) is 12.4 Å². The van der Waals surface area contributed by atoms with Crippen molar-refractivity contribution in [2.75, 3.05) is 6.54 Å². The average Bonchev–Trinajstić information content (AvgIpc) is 2.92. The summed E-state index contributed by atoms with van der Waals surface area (Å²) in [5.41, 5.74) is 0.209. The number of alkyl halides is 3. The number of halogens is 4. The molecule has 0 unspecified atom stereocenters. The van der Waals surface area contributed by atoms with Crippen LogP contribution in [0.5, 0.6) is 0 Å². The molecule has 0 saturated carbocycles. The Hall–Kier alpha value is -2.10. The van der Waals surface area contributed by atoms with Crippen LogP contribution in [0, 0.1) is 5.82 Å². The fourth-order valence-electron chi connectivity index (χ4n) is 1.62. The zero-order valence-corrected chi connectivity index (χ0v) is 12.6. The van der Waals surface area contributed by atoms with Gasteiger partial charge in [-0.2, -0.15) is 13.2 Å². The molecular weight excluding hydrogens is 336 g/mol. The smallest absolute Gasteiger partial charge is 0.346 e. The molecule has 1 amide bonds. The third-order valence-corrected chi connectivity index (χ3v) is 3.67. The van der Waals surface area contributed by atoms with E-state index >= 15 is 0 Å². The highest BCUT2D eigenvalue weighted by Crippen LogP contribution is 2.24. The van der Waals surface area contributed by atoms with Gasteiger partial charge in [0.2, 0.25) is 11.1 Å². The second-order valence-corrected chi connectivity index (χ2v) is 5.85. The first-order chi connectivity index (χ1) is 10.8. The SMILES string of the molecule is C[C@@H](Sc1n[nH]c(-c2ccccc2F)n1)C(=O)NCC(F)(F)F. The van der Waals surface area contributed by atoms with Gasteiger partial charge in [-0.05, 0) is 19.1 Å². The van der Waals surface area contributed by atoms with Crippen LogP contribution in [0.4, 0.5) is 17.6 Å². The van der Waals surface area contributed by atoms with E-state index in [0.29, 0.717) is 0 Å². The number of H-pyrrole nitrogens is 1. The third kappa shape index (κ3) is 4.95. The maximum Gasteiger partial charge on any atom is 0.405 e. The number of rotatable bonds is 5. The topological polar surface area (TPSA) is 70.7 Å². The molecule has 5 nitrogen and oxygen atoms in total. The van der Waals surface area contributed by atoms with Crippen molar-refractivity contribution in [3.05, 3.63) is 30.1 Å². The van der Waals surface area contributed by atoms with E-state index < -0.39 is 29.7 Å². The van der Waals surface area contributed by atoms with Gasteiger partial charge in [-0.3, -0.25) is 9.89 Å². The van der Waals surface area contributed by atoms with Crippen LogP contribution in [-0.4, -0.2) is 39.1 Å². The van der Waals surface area contributed by atoms with Gasteiger partial charge < -0.3 is 5.32 Å². The van der Waals surface area contributed by atoms with Gasteiger partial charge in [0.25, 0.3) is 0 Å². The molecule has 0 spiro atoms. The highest BCUT2D eigenvalue weighted by molar-refractivity contribution is 8.00. The van der Waals surface area contributed by atoms with Crippen LogP contribution in [0.2, 0.25) is 0 Å². The summed E-state index contributed by atoms with van der Waals surface area (Å²) in [6.07, 6.45) is -4.47. The first kappa shape index (κ1) is 17.3. The Labute approximate surface area is 132 Å². The number of benzene rings is 1. The molecule has 1 aromatic carbocycles. The number of carbonyl (C=O) groups excluding carboxylic acids is 1. The first-order valence-electron chi connectivity index (χ1n) is 6.44. The molecule has 0 aliphatic heterocycles.